The maximum Gasteiger partial charge on any atom is 0.151 e. The highest BCUT2D eigenvalue weighted by molar-refractivity contribution is 5.46. The Bertz CT molecular complexity index is 464. The fourth-order valence-corrected chi connectivity index (χ4v) is 1.48. The van der Waals surface area contributed by atoms with Crippen LogP contribution in [0.4, 0.5) is 5.69 Å². The third-order valence-electron chi connectivity index (χ3n) is 2.42. The maximum atomic E-state index is 5.38. The minimum absolute atomic E-state index is 0.657. The molecule has 1 aromatic carbocycles. The van der Waals surface area contributed by atoms with Crippen molar-refractivity contribution in [1.82, 2.24) is 14.8 Å². The second-order valence-corrected chi connectivity index (χ2v) is 3.67. The van der Waals surface area contributed by atoms with Crippen LogP contribution >= 0.6 is 0 Å². The van der Waals surface area contributed by atoms with E-state index in [0.29, 0.717) is 13.2 Å². The minimum atomic E-state index is 0.657. The number of rotatable bonds is 5. The maximum absolute atomic E-state index is 5.38. The van der Waals surface area contributed by atoms with Crippen LogP contribution in [0.15, 0.2) is 30.6 Å². The van der Waals surface area contributed by atoms with Crippen molar-refractivity contribution in [3.05, 3.63) is 36.4 Å². The Morgan fingerprint density at radius 1 is 1.29 bits per heavy atom. The number of nitrogens with zero attached hydrogens (tertiary/aromatic N) is 3. The molecule has 0 saturated carbocycles. The van der Waals surface area contributed by atoms with E-state index in [2.05, 4.69) is 15.5 Å². The molecule has 17 heavy (non-hydrogen) atoms. The normalized spacial score (nSPS) is 10.2. The Hall–Kier alpha value is -2.04. The van der Waals surface area contributed by atoms with Crippen LogP contribution in [0.2, 0.25) is 0 Å². The first kappa shape index (κ1) is 11.4. The summed E-state index contributed by atoms with van der Waals surface area (Å²) >= 11 is 0. The van der Waals surface area contributed by atoms with E-state index in [1.165, 1.54) is 0 Å². The van der Waals surface area contributed by atoms with Gasteiger partial charge in [0.05, 0.1) is 13.2 Å². The van der Waals surface area contributed by atoms with E-state index in [1.54, 1.807) is 6.33 Å². The van der Waals surface area contributed by atoms with Crippen LogP contribution in [0.5, 0.6) is 5.75 Å². The molecule has 0 amide bonds. The third-order valence-corrected chi connectivity index (χ3v) is 2.42. The van der Waals surface area contributed by atoms with Gasteiger partial charge in [-0.3, -0.25) is 0 Å². The van der Waals surface area contributed by atoms with Gasteiger partial charge in [-0.1, -0.05) is 0 Å². The Morgan fingerprint density at radius 3 is 2.65 bits per heavy atom. The van der Waals surface area contributed by atoms with E-state index in [9.17, 15) is 0 Å². The lowest BCUT2D eigenvalue weighted by molar-refractivity contribution is 0.340. The monoisotopic (exact) mass is 232 g/mol. The molecule has 2 aromatic rings. The van der Waals surface area contributed by atoms with Crippen LogP contribution in [-0.4, -0.2) is 21.4 Å². The quantitative estimate of drug-likeness (QED) is 0.854. The zero-order valence-corrected chi connectivity index (χ0v) is 10.1. The summed E-state index contributed by atoms with van der Waals surface area (Å²) in [5.74, 6) is 1.79. The Kier molecular flexibility index (Phi) is 3.59. The largest absolute Gasteiger partial charge is 0.494 e. The molecule has 1 N–H and O–H groups in total. The molecule has 90 valence electrons. The summed E-state index contributed by atoms with van der Waals surface area (Å²) in [7, 11) is 1.93. The van der Waals surface area contributed by atoms with Gasteiger partial charge in [0.2, 0.25) is 0 Å². The van der Waals surface area contributed by atoms with E-state index in [0.717, 1.165) is 17.3 Å². The predicted octanol–water partition coefficient (Wildman–Crippen LogP) is 1.83. The van der Waals surface area contributed by atoms with Crippen LogP contribution < -0.4 is 10.1 Å². The molecular formula is C12H16N4O. The van der Waals surface area contributed by atoms with Gasteiger partial charge in [-0.2, -0.15) is 0 Å². The Balaban J connectivity index is 1.93. The van der Waals surface area contributed by atoms with Crippen LogP contribution in [0.1, 0.15) is 12.7 Å². The van der Waals surface area contributed by atoms with Crippen molar-refractivity contribution in [2.24, 2.45) is 7.05 Å². The van der Waals surface area contributed by atoms with Crippen molar-refractivity contribution >= 4 is 5.69 Å². The highest BCUT2D eigenvalue weighted by atomic mass is 16.5. The van der Waals surface area contributed by atoms with E-state index < -0.39 is 0 Å². The summed E-state index contributed by atoms with van der Waals surface area (Å²) in [6, 6.07) is 7.87. The van der Waals surface area contributed by atoms with Gasteiger partial charge in [0.1, 0.15) is 12.1 Å². The van der Waals surface area contributed by atoms with Gasteiger partial charge in [-0.15, -0.1) is 10.2 Å². The van der Waals surface area contributed by atoms with Crippen molar-refractivity contribution in [3.8, 4) is 5.75 Å². The molecule has 5 heteroatoms. The molecule has 0 radical (unpaired) electrons. The first-order valence-corrected chi connectivity index (χ1v) is 5.59. The molecule has 0 aliphatic rings. The molecule has 5 nitrogen and oxygen atoms in total. The molecular weight excluding hydrogens is 216 g/mol. The molecule has 2 rings (SSSR count). The zero-order valence-electron chi connectivity index (χ0n) is 10.1. The van der Waals surface area contributed by atoms with Gasteiger partial charge in [0, 0.05) is 12.7 Å². The van der Waals surface area contributed by atoms with Crippen molar-refractivity contribution < 1.29 is 4.74 Å². The van der Waals surface area contributed by atoms with Crippen LogP contribution in [0.25, 0.3) is 0 Å². The standard InChI is InChI=1S/C12H16N4O/c1-3-17-11-6-4-10(5-7-11)13-8-12-15-14-9-16(12)2/h4-7,9,13H,3,8H2,1-2H3. The highest BCUT2D eigenvalue weighted by Gasteiger charge is 2.00. The third kappa shape index (κ3) is 2.96. The molecule has 1 aromatic heterocycles. The van der Waals surface area contributed by atoms with Crippen LogP contribution in [0.3, 0.4) is 0 Å². The number of benzene rings is 1. The van der Waals surface area contributed by atoms with Crippen molar-refractivity contribution in [2.75, 3.05) is 11.9 Å². The number of ether oxygens (including phenoxy) is 1. The molecule has 0 unspecified atom stereocenters. The summed E-state index contributed by atoms with van der Waals surface area (Å²) in [4.78, 5) is 0. The van der Waals surface area contributed by atoms with E-state index in [1.807, 2.05) is 42.8 Å². The number of aryl methyl sites for hydroxylation is 1. The summed E-state index contributed by atoms with van der Waals surface area (Å²) in [5.41, 5.74) is 1.04. The van der Waals surface area contributed by atoms with E-state index in [-0.39, 0.29) is 0 Å². The van der Waals surface area contributed by atoms with Crippen molar-refractivity contribution in [2.45, 2.75) is 13.5 Å². The van der Waals surface area contributed by atoms with Gasteiger partial charge in [-0.05, 0) is 31.2 Å². The summed E-state index contributed by atoms with van der Waals surface area (Å²) < 4.78 is 7.27. The smallest absolute Gasteiger partial charge is 0.151 e. The van der Waals surface area contributed by atoms with Crippen molar-refractivity contribution in [3.63, 3.8) is 0 Å². The van der Waals surface area contributed by atoms with Crippen molar-refractivity contribution in [1.29, 1.82) is 0 Å². The molecule has 0 saturated heterocycles. The van der Waals surface area contributed by atoms with E-state index in [4.69, 9.17) is 4.74 Å². The first-order chi connectivity index (χ1) is 8.29. The molecule has 0 bridgehead atoms. The number of hydrogen-bond donors (Lipinski definition) is 1. The fraction of sp³-hybridized carbons (Fsp3) is 0.333. The Morgan fingerprint density at radius 2 is 2.06 bits per heavy atom. The van der Waals surface area contributed by atoms with Gasteiger partial charge in [0.15, 0.2) is 5.82 Å². The van der Waals surface area contributed by atoms with Crippen LogP contribution in [-0.2, 0) is 13.6 Å². The first-order valence-electron chi connectivity index (χ1n) is 5.59. The van der Waals surface area contributed by atoms with Gasteiger partial charge < -0.3 is 14.6 Å². The number of nitrogens with one attached hydrogen (secondary N) is 1. The zero-order chi connectivity index (χ0) is 12.1. The Labute approximate surface area is 100 Å². The fourth-order valence-electron chi connectivity index (χ4n) is 1.48. The average Bonchev–Trinajstić information content (AvgIpc) is 2.75. The topological polar surface area (TPSA) is 52.0 Å². The second kappa shape index (κ2) is 5.34. The molecule has 0 spiro atoms. The molecule has 0 atom stereocenters. The second-order valence-electron chi connectivity index (χ2n) is 3.67. The predicted molar refractivity (Wildman–Crippen MR) is 65.9 cm³/mol. The average molecular weight is 232 g/mol. The summed E-state index contributed by atoms with van der Waals surface area (Å²) in [5, 5.41) is 11.1. The summed E-state index contributed by atoms with van der Waals surface area (Å²) in [6.45, 7) is 3.32. The minimum Gasteiger partial charge on any atom is -0.494 e. The van der Waals surface area contributed by atoms with Gasteiger partial charge >= 0.3 is 0 Å². The number of anilines is 1. The molecule has 0 aliphatic carbocycles. The molecule has 0 aliphatic heterocycles. The SMILES string of the molecule is CCOc1ccc(NCc2nncn2C)cc1. The highest BCUT2D eigenvalue weighted by Crippen LogP contribution is 2.15. The number of hydrogen-bond acceptors (Lipinski definition) is 4. The van der Waals surface area contributed by atoms with Gasteiger partial charge in [-0.25, -0.2) is 0 Å². The lowest BCUT2D eigenvalue weighted by Gasteiger charge is -2.07. The summed E-state index contributed by atoms with van der Waals surface area (Å²) in [6.07, 6.45) is 1.69. The van der Waals surface area contributed by atoms with E-state index >= 15 is 0 Å². The molecule has 0 fully saturated rings. The molecule has 1 heterocycles. The lowest BCUT2D eigenvalue weighted by Crippen LogP contribution is -2.05. The van der Waals surface area contributed by atoms with Gasteiger partial charge in [0.25, 0.3) is 0 Å². The lowest BCUT2D eigenvalue weighted by atomic mass is 10.3. The van der Waals surface area contributed by atoms with Crippen LogP contribution in [0, 0.1) is 0 Å². The number of aromatic nitrogens is 3.